The second-order valence-electron chi connectivity index (χ2n) is 10.8. The molecule has 11 heteroatoms. The molecule has 2 aromatic heterocycles. The zero-order valence-corrected chi connectivity index (χ0v) is 24.5. The highest BCUT2D eigenvalue weighted by atomic mass is 35.5. The van der Waals surface area contributed by atoms with Crippen molar-refractivity contribution in [3.63, 3.8) is 0 Å². The van der Waals surface area contributed by atoms with Crippen LogP contribution in [0.3, 0.4) is 0 Å². The monoisotopic (exact) mass is 578 g/mol. The maximum atomic E-state index is 13.9. The largest absolute Gasteiger partial charge is 0.332 e. The van der Waals surface area contributed by atoms with Gasteiger partial charge in [-0.05, 0) is 50.2 Å². The molecule has 0 saturated carbocycles. The lowest BCUT2D eigenvalue weighted by molar-refractivity contribution is -0.116. The summed E-state index contributed by atoms with van der Waals surface area (Å²) < 4.78 is 4.22. The molecule has 208 valence electrons. The Bertz CT molecular complexity index is 1780. The van der Waals surface area contributed by atoms with Gasteiger partial charge in [-0.3, -0.25) is 18.7 Å². The third-order valence-corrected chi connectivity index (χ3v) is 9.48. The van der Waals surface area contributed by atoms with E-state index in [0.717, 1.165) is 35.3 Å². The van der Waals surface area contributed by atoms with Gasteiger partial charge in [0.2, 0.25) is 5.91 Å². The number of aromatic nitrogens is 4. The van der Waals surface area contributed by atoms with Crippen LogP contribution in [0.4, 0.5) is 5.69 Å². The molecule has 1 saturated heterocycles. The Kier molecular flexibility index (Phi) is 6.88. The van der Waals surface area contributed by atoms with E-state index in [-0.39, 0.29) is 35.8 Å². The Balaban J connectivity index is 1.37. The summed E-state index contributed by atoms with van der Waals surface area (Å²) >= 11 is 7.76. The van der Waals surface area contributed by atoms with E-state index in [2.05, 4.69) is 37.1 Å². The van der Waals surface area contributed by atoms with Crippen molar-refractivity contribution < 1.29 is 4.79 Å². The Morgan fingerprint density at radius 1 is 1.10 bits per heavy atom. The van der Waals surface area contributed by atoms with E-state index in [1.54, 1.807) is 17.7 Å². The van der Waals surface area contributed by atoms with E-state index in [1.807, 2.05) is 23.1 Å². The molecule has 9 nitrogen and oxygen atoms in total. The topological polar surface area (TPSA) is 85.4 Å². The summed E-state index contributed by atoms with van der Waals surface area (Å²) in [6, 6.07) is 13.9. The molecule has 40 heavy (non-hydrogen) atoms. The van der Waals surface area contributed by atoms with Crippen molar-refractivity contribution >= 4 is 46.1 Å². The van der Waals surface area contributed by atoms with Gasteiger partial charge in [-0.25, -0.2) is 9.78 Å². The van der Waals surface area contributed by atoms with Crippen molar-refractivity contribution in [1.29, 1.82) is 0 Å². The van der Waals surface area contributed by atoms with E-state index < -0.39 is 11.2 Å². The van der Waals surface area contributed by atoms with Gasteiger partial charge in [0.25, 0.3) is 5.56 Å². The summed E-state index contributed by atoms with van der Waals surface area (Å²) in [4.78, 5) is 48.8. The molecule has 2 aromatic carbocycles. The van der Waals surface area contributed by atoms with Crippen LogP contribution in [0.1, 0.15) is 29.0 Å². The number of carbonyl (C=O) groups is 1. The molecule has 1 fully saturated rings. The van der Waals surface area contributed by atoms with Crippen molar-refractivity contribution in [2.75, 3.05) is 30.8 Å². The van der Waals surface area contributed by atoms with Crippen molar-refractivity contribution in [1.82, 2.24) is 23.6 Å². The minimum atomic E-state index is -0.454. The fraction of sp³-hybridized carbons (Fsp3) is 0.379. The van der Waals surface area contributed by atoms with Crippen LogP contribution in [0.25, 0.3) is 11.2 Å². The number of thioether (sulfide) groups is 1. The summed E-state index contributed by atoms with van der Waals surface area (Å²) in [5, 5.41) is 1.06. The fourth-order valence-electron chi connectivity index (χ4n) is 6.08. The number of likely N-dealkylation sites (N-methyl/N-ethyl adjacent to an activating group) is 1. The Hall–Kier alpha value is -3.34. The third-order valence-electron chi connectivity index (χ3n) is 8.15. The predicted molar refractivity (Wildman–Crippen MR) is 159 cm³/mol. The van der Waals surface area contributed by atoms with Crippen molar-refractivity contribution in [3.8, 4) is 0 Å². The number of rotatable bonds is 5. The first-order chi connectivity index (χ1) is 19.2. The normalized spacial score (nSPS) is 18.8. The highest BCUT2D eigenvalue weighted by Gasteiger charge is 2.43. The number of halogens is 1. The predicted octanol–water partition coefficient (Wildman–Crippen LogP) is 3.37. The lowest BCUT2D eigenvalue weighted by Gasteiger charge is -2.36. The molecule has 0 N–H and O–H groups in total. The van der Waals surface area contributed by atoms with Gasteiger partial charge < -0.3 is 14.4 Å². The first-order valence-corrected chi connectivity index (χ1v) is 14.7. The van der Waals surface area contributed by atoms with Crippen molar-refractivity contribution in [2.24, 2.45) is 14.1 Å². The first kappa shape index (κ1) is 26.9. The van der Waals surface area contributed by atoms with Gasteiger partial charge in [-0.2, -0.15) is 0 Å². The summed E-state index contributed by atoms with van der Waals surface area (Å²) in [6.45, 7) is 4.23. The van der Waals surface area contributed by atoms with E-state index in [1.165, 1.54) is 34.5 Å². The molecule has 1 amide bonds. The van der Waals surface area contributed by atoms with Crippen LogP contribution in [-0.2, 0) is 25.4 Å². The Labute approximate surface area is 241 Å². The molecule has 6 rings (SSSR count). The first-order valence-electron chi connectivity index (χ1n) is 13.3. The molecule has 0 aliphatic carbocycles. The van der Waals surface area contributed by atoms with Crippen molar-refractivity contribution in [2.45, 2.75) is 37.0 Å². The molecule has 2 atom stereocenters. The average molecular weight is 579 g/mol. The highest BCUT2D eigenvalue weighted by Crippen LogP contribution is 2.45. The van der Waals surface area contributed by atoms with Crippen molar-refractivity contribution in [3.05, 3.63) is 85.0 Å². The Morgan fingerprint density at radius 2 is 1.88 bits per heavy atom. The number of benzene rings is 2. The summed E-state index contributed by atoms with van der Waals surface area (Å²) in [5.74, 6) is 0.433. The smallest absolute Gasteiger partial charge is 0.309 e. The van der Waals surface area contributed by atoms with Crippen LogP contribution in [0.2, 0.25) is 5.02 Å². The number of anilines is 1. The standard InChI is InChI=1S/C29H31ClN6O3S/c1-17-9-10-22-19(13-17)20-15-32(2)12-11-23(20)36(22)24(37)16-40-28-31-26-25(27(38)34(4)29(39)33(26)3)35(28)14-18-7-5-6-8-21(18)30/h5-10,13,20,23H,11-12,14-16H2,1-4H3/t20-,23-/m0/s1. The number of amides is 1. The molecule has 2 aliphatic rings. The van der Waals surface area contributed by atoms with Gasteiger partial charge in [0.1, 0.15) is 0 Å². The summed E-state index contributed by atoms with van der Waals surface area (Å²) in [7, 11) is 5.19. The Morgan fingerprint density at radius 3 is 2.65 bits per heavy atom. The zero-order valence-electron chi connectivity index (χ0n) is 22.9. The van der Waals surface area contributed by atoms with Crippen LogP contribution >= 0.6 is 23.4 Å². The summed E-state index contributed by atoms with van der Waals surface area (Å²) in [6.07, 6.45) is 0.911. The van der Waals surface area contributed by atoms with Crippen LogP contribution in [-0.4, -0.2) is 61.4 Å². The van der Waals surface area contributed by atoms with Crippen LogP contribution < -0.4 is 16.1 Å². The number of likely N-dealkylation sites (tertiary alicyclic amines) is 1. The molecule has 4 heterocycles. The van der Waals surface area contributed by atoms with Gasteiger partial charge in [-0.15, -0.1) is 0 Å². The van der Waals surface area contributed by atoms with Gasteiger partial charge >= 0.3 is 5.69 Å². The molecular formula is C29H31ClN6O3S. The minimum Gasteiger partial charge on any atom is -0.309 e. The molecule has 0 spiro atoms. The number of fused-ring (bicyclic) bond motifs is 4. The fourth-order valence-corrected chi connectivity index (χ4v) is 7.13. The number of aryl methyl sites for hydroxylation is 2. The molecular weight excluding hydrogens is 548 g/mol. The van der Waals surface area contributed by atoms with Gasteiger partial charge in [-0.1, -0.05) is 59.3 Å². The van der Waals surface area contributed by atoms with E-state index >= 15 is 0 Å². The number of nitrogens with zero attached hydrogens (tertiary/aromatic N) is 6. The number of hydrogen-bond donors (Lipinski definition) is 0. The quantitative estimate of drug-likeness (QED) is 0.338. The highest BCUT2D eigenvalue weighted by molar-refractivity contribution is 7.99. The van der Waals surface area contributed by atoms with E-state index in [9.17, 15) is 14.4 Å². The van der Waals surface area contributed by atoms with Crippen LogP contribution in [0.5, 0.6) is 0 Å². The zero-order chi connectivity index (χ0) is 28.3. The van der Waals surface area contributed by atoms with Gasteiger partial charge in [0.15, 0.2) is 16.3 Å². The van der Waals surface area contributed by atoms with E-state index in [0.29, 0.717) is 15.7 Å². The molecule has 2 aliphatic heterocycles. The molecule has 0 bridgehead atoms. The third kappa shape index (κ3) is 4.38. The SMILES string of the molecule is Cc1ccc2c(c1)[C@@H]1CN(C)CC[C@@H]1N2C(=O)CSc1nc2c(c(=O)n(C)c(=O)n2C)n1Cc1ccccc1Cl. The maximum absolute atomic E-state index is 13.9. The number of imidazole rings is 1. The second kappa shape index (κ2) is 10.2. The molecule has 0 unspecified atom stereocenters. The summed E-state index contributed by atoms with van der Waals surface area (Å²) in [5.41, 5.74) is 3.92. The number of carbonyl (C=O) groups excluding carboxylic acids is 1. The molecule has 4 aromatic rings. The average Bonchev–Trinajstić information content (AvgIpc) is 3.45. The van der Waals surface area contributed by atoms with Gasteiger partial charge in [0.05, 0.1) is 12.3 Å². The van der Waals surface area contributed by atoms with Crippen LogP contribution in [0.15, 0.2) is 57.2 Å². The lowest BCUT2D eigenvalue weighted by Crippen LogP contribution is -2.47. The lowest BCUT2D eigenvalue weighted by atomic mass is 9.89. The van der Waals surface area contributed by atoms with E-state index in [4.69, 9.17) is 16.6 Å². The van der Waals surface area contributed by atoms with Gasteiger partial charge in [0, 0.05) is 43.3 Å². The minimum absolute atomic E-state index is 0.00490. The second-order valence-corrected chi connectivity index (χ2v) is 12.1. The maximum Gasteiger partial charge on any atom is 0.332 e. The number of hydrogen-bond acceptors (Lipinski definition) is 6. The van der Waals surface area contributed by atoms with Crippen LogP contribution in [0, 0.1) is 6.92 Å². The number of piperidine rings is 1. The molecule has 0 radical (unpaired) electrons.